The highest BCUT2D eigenvalue weighted by molar-refractivity contribution is 7.98. The van der Waals surface area contributed by atoms with Gasteiger partial charge in [-0.05, 0) is 61.3 Å². The molecule has 14 heteroatoms. The smallest absolute Gasteiger partial charge is 0.326 e. The Hall–Kier alpha value is -3.52. The highest BCUT2D eigenvalue weighted by Gasteiger charge is 2.30. The molecule has 1 aromatic rings. The standard InChI is InChI=1S/C26H43N7O6S/c1-15(2)13-20(32-22(35)18(27)5-4-11-30-26(28)29)23(36)33-21(14-16-6-8-17(34)9-7-16)24(37)31-19(25(38)39)10-12-40-3/h6-9,15,18-21,34H,4-5,10-14,27H2,1-3H3,(H,31,37)(H,32,35)(H,33,36)(H,38,39)(H4,28,29,30). The first-order chi connectivity index (χ1) is 18.8. The molecule has 4 atom stereocenters. The number of carbonyl (C=O) groups is 4. The maximum Gasteiger partial charge on any atom is 0.326 e. The van der Waals surface area contributed by atoms with E-state index < -0.39 is 47.9 Å². The third-order valence-electron chi connectivity index (χ3n) is 5.88. The minimum atomic E-state index is -1.18. The second-order valence-corrected chi connectivity index (χ2v) is 10.8. The lowest BCUT2D eigenvalue weighted by molar-refractivity contribution is -0.142. The van der Waals surface area contributed by atoms with E-state index in [1.54, 1.807) is 12.1 Å². The molecule has 0 spiro atoms. The van der Waals surface area contributed by atoms with Crippen LogP contribution in [-0.4, -0.2) is 82.6 Å². The number of hydrogen-bond donors (Lipinski definition) is 8. The Labute approximate surface area is 239 Å². The summed E-state index contributed by atoms with van der Waals surface area (Å²) in [6, 6.07) is 1.91. The van der Waals surface area contributed by atoms with Crippen LogP contribution in [0.25, 0.3) is 0 Å². The molecule has 4 unspecified atom stereocenters. The first-order valence-electron chi connectivity index (χ1n) is 13.1. The lowest BCUT2D eigenvalue weighted by Crippen LogP contribution is -2.57. The lowest BCUT2D eigenvalue weighted by atomic mass is 10.00. The molecule has 0 saturated carbocycles. The summed E-state index contributed by atoms with van der Waals surface area (Å²) in [5.41, 5.74) is 17.2. The number of amides is 3. The zero-order chi connectivity index (χ0) is 30.2. The van der Waals surface area contributed by atoms with Crippen LogP contribution in [-0.2, 0) is 25.6 Å². The summed E-state index contributed by atoms with van der Waals surface area (Å²) in [6.45, 7) is 4.07. The van der Waals surface area contributed by atoms with E-state index in [0.29, 0.717) is 24.3 Å². The van der Waals surface area contributed by atoms with Crippen molar-refractivity contribution in [3.63, 3.8) is 0 Å². The Morgan fingerprint density at radius 2 is 1.50 bits per heavy atom. The molecule has 11 N–H and O–H groups in total. The maximum atomic E-state index is 13.4. The number of phenolic OH excluding ortho intramolecular Hbond substituents is 1. The summed E-state index contributed by atoms with van der Waals surface area (Å²) in [7, 11) is 0. The highest BCUT2D eigenvalue weighted by Crippen LogP contribution is 2.13. The van der Waals surface area contributed by atoms with Crippen LogP contribution in [0.5, 0.6) is 5.75 Å². The summed E-state index contributed by atoms with van der Waals surface area (Å²) in [6.07, 6.45) is 3.08. The van der Waals surface area contributed by atoms with Crippen molar-refractivity contribution in [1.82, 2.24) is 16.0 Å². The Balaban J connectivity index is 3.07. The predicted molar refractivity (Wildman–Crippen MR) is 156 cm³/mol. The third-order valence-corrected chi connectivity index (χ3v) is 6.52. The fourth-order valence-electron chi connectivity index (χ4n) is 3.75. The summed E-state index contributed by atoms with van der Waals surface area (Å²) >= 11 is 1.45. The second-order valence-electron chi connectivity index (χ2n) is 9.86. The molecule has 0 aliphatic heterocycles. The zero-order valence-electron chi connectivity index (χ0n) is 23.3. The van der Waals surface area contributed by atoms with Gasteiger partial charge < -0.3 is 43.4 Å². The molecule has 0 bridgehead atoms. The second kappa shape index (κ2) is 17.9. The van der Waals surface area contributed by atoms with E-state index in [-0.39, 0.29) is 43.3 Å². The number of aliphatic imine (C=N–C) groups is 1. The van der Waals surface area contributed by atoms with Crippen LogP contribution >= 0.6 is 11.8 Å². The van der Waals surface area contributed by atoms with Gasteiger partial charge in [-0.2, -0.15) is 11.8 Å². The Kier molecular flexibility index (Phi) is 15.5. The number of guanidine groups is 1. The number of aromatic hydroxyl groups is 1. The summed E-state index contributed by atoms with van der Waals surface area (Å²) in [5, 5.41) is 27.0. The van der Waals surface area contributed by atoms with E-state index in [4.69, 9.17) is 17.2 Å². The molecule has 40 heavy (non-hydrogen) atoms. The minimum absolute atomic E-state index is 0.0152. The van der Waals surface area contributed by atoms with Crippen molar-refractivity contribution >= 4 is 41.4 Å². The van der Waals surface area contributed by atoms with Gasteiger partial charge in [0, 0.05) is 13.0 Å². The van der Waals surface area contributed by atoms with Crippen LogP contribution < -0.4 is 33.2 Å². The van der Waals surface area contributed by atoms with Crippen molar-refractivity contribution in [1.29, 1.82) is 0 Å². The molecular weight excluding hydrogens is 538 g/mol. The molecule has 1 aromatic carbocycles. The number of phenols is 1. The number of carbonyl (C=O) groups excluding carboxylic acids is 3. The first-order valence-corrected chi connectivity index (χ1v) is 14.4. The SMILES string of the molecule is CSCCC(NC(=O)C(Cc1ccc(O)cc1)NC(=O)C(CC(C)C)NC(=O)C(N)CCCN=C(N)N)C(=O)O. The fourth-order valence-corrected chi connectivity index (χ4v) is 4.22. The molecule has 224 valence electrons. The van der Waals surface area contributed by atoms with Crippen LogP contribution in [0.2, 0.25) is 0 Å². The van der Waals surface area contributed by atoms with E-state index >= 15 is 0 Å². The van der Waals surface area contributed by atoms with Gasteiger partial charge in [0.25, 0.3) is 0 Å². The molecule has 0 aliphatic carbocycles. The van der Waals surface area contributed by atoms with Gasteiger partial charge in [-0.1, -0.05) is 26.0 Å². The van der Waals surface area contributed by atoms with Gasteiger partial charge in [-0.25, -0.2) is 4.79 Å². The monoisotopic (exact) mass is 581 g/mol. The summed E-state index contributed by atoms with van der Waals surface area (Å²) in [4.78, 5) is 54.9. The van der Waals surface area contributed by atoms with Gasteiger partial charge in [-0.15, -0.1) is 0 Å². The number of thioether (sulfide) groups is 1. The fraction of sp³-hybridized carbons (Fsp3) is 0.577. The van der Waals surface area contributed by atoms with Crippen molar-refractivity contribution in [2.24, 2.45) is 28.1 Å². The number of nitrogens with one attached hydrogen (secondary N) is 3. The molecule has 3 amide bonds. The number of nitrogens with zero attached hydrogens (tertiary/aromatic N) is 1. The first kappa shape index (κ1) is 34.5. The van der Waals surface area contributed by atoms with Crippen LogP contribution in [0.4, 0.5) is 0 Å². The average Bonchev–Trinajstić information content (AvgIpc) is 2.88. The Bertz CT molecular complexity index is 1000. The largest absolute Gasteiger partial charge is 0.508 e. The number of nitrogens with two attached hydrogens (primary N) is 3. The number of carboxylic acids is 1. The van der Waals surface area contributed by atoms with E-state index in [1.807, 2.05) is 20.1 Å². The maximum absolute atomic E-state index is 13.4. The van der Waals surface area contributed by atoms with Gasteiger partial charge >= 0.3 is 5.97 Å². The number of hydrogen-bond acceptors (Lipinski definition) is 8. The highest BCUT2D eigenvalue weighted by atomic mass is 32.2. The average molecular weight is 582 g/mol. The van der Waals surface area contributed by atoms with Crippen molar-refractivity contribution in [3.8, 4) is 5.75 Å². The van der Waals surface area contributed by atoms with E-state index in [2.05, 4.69) is 20.9 Å². The molecule has 0 aromatic heterocycles. The van der Waals surface area contributed by atoms with Crippen molar-refractivity contribution in [3.05, 3.63) is 29.8 Å². The lowest BCUT2D eigenvalue weighted by Gasteiger charge is -2.26. The van der Waals surface area contributed by atoms with Crippen molar-refractivity contribution < 1.29 is 29.4 Å². The van der Waals surface area contributed by atoms with E-state index in [9.17, 15) is 29.4 Å². The molecule has 0 heterocycles. The summed E-state index contributed by atoms with van der Waals surface area (Å²) < 4.78 is 0. The van der Waals surface area contributed by atoms with Crippen molar-refractivity contribution in [2.75, 3.05) is 18.6 Å². The third kappa shape index (κ3) is 13.5. The molecule has 0 saturated heterocycles. The van der Waals surface area contributed by atoms with Crippen LogP contribution in [0.3, 0.4) is 0 Å². The van der Waals surface area contributed by atoms with Crippen LogP contribution in [0, 0.1) is 5.92 Å². The topological polar surface area (TPSA) is 235 Å². The quantitative estimate of drug-likeness (QED) is 0.0637. The molecule has 13 nitrogen and oxygen atoms in total. The van der Waals surface area contributed by atoms with Crippen LogP contribution in [0.15, 0.2) is 29.3 Å². The molecule has 0 aliphatic rings. The Morgan fingerprint density at radius 1 is 0.925 bits per heavy atom. The van der Waals surface area contributed by atoms with Gasteiger partial charge in [0.05, 0.1) is 6.04 Å². The molecule has 1 rings (SSSR count). The predicted octanol–water partition coefficient (Wildman–Crippen LogP) is -0.346. The van der Waals surface area contributed by atoms with Gasteiger partial charge in [0.2, 0.25) is 17.7 Å². The number of carboxylic acid groups (broad SMARTS) is 1. The summed E-state index contributed by atoms with van der Waals surface area (Å²) in [5.74, 6) is -2.50. The zero-order valence-corrected chi connectivity index (χ0v) is 24.1. The number of rotatable bonds is 18. The Morgan fingerprint density at radius 3 is 2.05 bits per heavy atom. The van der Waals surface area contributed by atoms with Gasteiger partial charge in [0.15, 0.2) is 5.96 Å². The van der Waals surface area contributed by atoms with Crippen LogP contribution in [0.1, 0.15) is 45.1 Å². The number of aliphatic carboxylic acids is 1. The molecule has 0 radical (unpaired) electrons. The molecule has 0 fully saturated rings. The normalized spacial score (nSPS) is 13.9. The molecular formula is C26H43N7O6S. The van der Waals surface area contributed by atoms with E-state index in [1.165, 1.54) is 23.9 Å². The van der Waals surface area contributed by atoms with Gasteiger partial charge in [0.1, 0.15) is 23.9 Å². The van der Waals surface area contributed by atoms with Gasteiger partial charge in [-0.3, -0.25) is 19.4 Å². The van der Waals surface area contributed by atoms with E-state index in [0.717, 1.165) is 0 Å². The minimum Gasteiger partial charge on any atom is -0.508 e. The number of benzene rings is 1. The van der Waals surface area contributed by atoms with Crippen molar-refractivity contribution in [2.45, 2.75) is 70.1 Å².